The van der Waals surface area contributed by atoms with Crippen LogP contribution in [0.15, 0.2) is 47.3 Å². The van der Waals surface area contributed by atoms with Gasteiger partial charge in [-0.3, -0.25) is 33.7 Å². The smallest absolute Gasteiger partial charge is 0.407 e. The molecule has 2 aromatic carbocycles. The minimum absolute atomic E-state index is 0.0133. The highest BCUT2D eigenvalue weighted by Crippen LogP contribution is 2.43. The summed E-state index contributed by atoms with van der Waals surface area (Å²) in [6.45, 7) is 3.83. The van der Waals surface area contributed by atoms with Gasteiger partial charge in [0.05, 0.1) is 67.2 Å². The number of ether oxygens (including phenoxy) is 6. The molecule has 0 spiro atoms. The predicted molar refractivity (Wildman–Crippen MR) is 266 cm³/mol. The molecule has 24 heteroatoms. The van der Waals surface area contributed by atoms with Crippen molar-refractivity contribution in [3.63, 3.8) is 0 Å². The molecule has 0 aliphatic carbocycles. The van der Waals surface area contributed by atoms with E-state index in [1.165, 1.54) is 11.5 Å². The van der Waals surface area contributed by atoms with Gasteiger partial charge in [-0.05, 0) is 74.5 Å². The van der Waals surface area contributed by atoms with Crippen molar-refractivity contribution < 1.29 is 67.1 Å². The first-order valence-corrected chi connectivity index (χ1v) is 24.8. The summed E-state index contributed by atoms with van der Waals surface area (Å²) in [5, 5.41) is 22.3. The van der Waals surface area contributed by atoms with Crippen molar-refractivity contribution in [3.05, 3.63) is 80.6 Å². The van der Waals surface area contributed by atoms with Crippen molar-refractivity contribution in [1.29, 1.82) is 0 Å². The van der Waals surface area contributed by atoms with Crippen LogP contribution in [0.3, 0.4) is 0 Å². The second-order valence-corrected chi connectivity index (χ2v) is 18.7. The number of pyridine rings is 2. The molecule has 1 fully saturated rings. The van der Waals surface area contributed by atoms with Gasteiger partial charge < -0.3 is 65.1 Å². The van der Waals surface area contributed by atoms with E-state index in [0.29, 0.717) is 75.6 Å². The lowest BCUT2D eigenvalue weighted by molar-refractivity contribution is -0.172. The number of cyclic esters (lactones) is 1. The van der Waals surface area contributed by atoms with Crippen LogP contribution < -0.4 is 42.0 Å². The van der Waals surface area contributed by atoms with Gasteiger partial charge in [-0.1, -0.05) is 19.1 Å². The molecule has 1 unspecified atom stereocenters. The van der Waals surface area contributed by atoms with Crippen molar-refractivity contribution in [2.75, 3.05) is 51.6 Å². The normalized spacial score (nSPS) is 18.0. The summed E-state index contributed by atoms with van der Waals surface area (Å²) in [5.41, 5.74) is 7.22. The van der Waals surface area contributed by atoms with Gasteiger partial charge >= 0.3 is 12.1 Å². The van der Waals surface area contributed by atoms with E-state index in [1.54, 1.807) is 49.4 Å². The summed E-state index contributed by atoms with van der Waals surface area (Å²) in [6.07, 6.45) is 0.707. The van der Waals surface area contributed by atoms with Gasteiger partial charge in [-0.25, -0.2) is 14.6 Å². The van der Waals surface area contributed by atoms with Crippen molar-refractivity contribution >= 4 is 70.8 Å². The standard InChI is InChI=1S/C50H58N8O15S/c1-3-50(67)34-19-37-43-32(23-58(37)46(63)33(34)25-70-48(50)65)31(30-18-38-39(73-26-72-38)20-36(30)55-43)22-52-49(66)71-24-28-7-9-29(10-8-28)54-45(62)35(6-4-5-12-51)56-44(61)27(2)53-41(59)11-14-68-16-17-69-15-13-57-42(60)21-40(74)47(57)64/h7-10,18-20,27,35,40,67,74H,3-6,11-17,21-26,51H2,1-2H3,(H,52,66)(H,53,59)(H,54,62)(H,56,61)/t27-,35-,40?,50-/m0/s1. The molecular formula is C50H58N8O15S. The highest BCUT2D eigenvalue weighted by molar-refractivity contribution is 7.81. The van der Waals surface area contributed by atoms with Gasteiger partial charge in [0.2, 0.25) is 36.3 Å². The number of likely N-dealkylation sites (tertiary alicyclic amines) is 1. The Hall–Kier alpha value is -7.12. The molecule has 23 nitrogen and oxygen atoms in total. The SMILES string of the molecule is CC[C@@]1(O)C(=O)OCc2c1cc1n(c2=O)Cc2c-1nc1cc3c(cc1c2CNC(=O)OCc1ccc(NC(=O)[C@H](CCCCN)NC(=O)[C@H](C)NC(=O)CCOCCOCCN2C(=O)CC(S)C2=O)cc1)OCO3. The molecule has 1 saturated heterocycles. The fraction of sp³-hybridized carbons (Fsp3) is 0.460. The number of imide groups is 1. The maximum atomic E-state index is 13.9. The number of thiol groups is 1. The van der Waals surface area contributed by atoms with E-state index in [1.807, 2.05) is 0 Å². The van der Waals surface area contributed by atoms with Crippen LogP contribution in [0.5, 0.6) is 11.5 Å². The predicted octanol–water partition coefficient (Wildman–Crippen LogP) is 1.77. The van der Waals surface area contributed by atoms with Crippen LogP contribution >= 0.6 is 12.6 Å². The van der Waals surface area contributed by atoms with Crippen molar-refractivity contribution in [2.24, 2.45) is 5.73 Å². The summed E-state index contributed by atoms with van der Waals surface area (Å²) in [6, 6.07) is 9.74. The van der Waals surface area contributed by atoms with Crippen molar-refractivity contribution in [3.8, 4) is 22.9 Å². The molecule has 4 aliphatic rings. The third kappa shape index (κ3) is 11.6. The molecule has 74 heavy (non-hydrogen) atoms. The lowest BCUT2D eigenvalue weighted by Crippen LogP contribution is -2.51. The van der Waals surface area contributed by atoms with Gasteiger partial charge in [-0.2, -0.15) is 12.6 Å². The highest BCUT2D eigenvalue weighted by atomic mass is 32.1. The molecule has 2 aromatic heterocycles. The number of aliphatic hydroxyl groups is 1. The number of nitrogens with zero attached hydrogens (tertiary/aromatic N) is 3. The van der Waals surface area contributed by atoms with E-state index < -0.39 is 58.3 Å². The zero-order valence-electron chi connectivity index (χ0n) is 40.8. The van der Waals surface area contributed by atoms with Crippen LogP contribution in [0.2, 0.25) is 0 Å². The van der Waals surface area contributed by atoms with Crippen LogP contribution in [-0.2, 0) is 79.6 Å². The van der Waals surface area contributed by atoms with E-state index in [2.05, 4.69) is 33.9 Å². The number of rotatable bonds is 23. The number of carbonyl (C=O) groups is 7. The lowest BCUT2D eigenvalue weighted by atomic mass is 9.86. The molecule has 0 radical (unpaired) electrons. The van der Waals surface area contributed by atoms with Gasteiger partial charge in [0.15, 0.2) is 17.1 Å². The Morgan fingerprint density at radius 1 is 0.946 bits per heavy atom. The number of unbranched alkanes of at least 4 members (excludes halogenated alkanes) is 1. The number of aromatic nitrogens is 2. The highest BCUT2D eigenvalue weighted by Gasteiger charge is 2.46. The molecule has 7 N–H and O–H groups in total. The third-order valence-corrected chi connectivity index (χ3v) is 13.6. The van der Waals surface area contributed by atoms with Gasteiger partial charge in [-0.15, -0.1) is 0 Å². The van der Waals surface area contributed by atoms with E-state index in [-0.39, 0.29) is 115 Å². The number of nitrogens with one attached hydrogen (secondary N) is 4. The summed E-state index contributed by atoms with van der Waals surface area (Å²) in [5.74, 6) is -2.01. The molecule has 6 amide bonds. The maximum absolute atomic E-state index is 13.9. The summed E-state index contributed by atoms with van der Waals surface area (Å²) in [7, 11) is 0. The number of carbonyl (C=O) groups excluding carboxylic acids is 7. The van der Waals surface area contributed by atoms with Crippen molar-refractivity contribution in [1.82, 2.24) is 30.4 Å². The monoisotopic (exact) mass is 1040 g/mol. The average molecular weight is 1040 g/mol. The Morgan fingerprint density at radius 3 is 2.41 bits per heavy atom. The fourth-order valence-corrected chi connectivity index (χ4v) is 9.30. The second-order valence-electron chi connectivity index (χ2n) is 18.1. The largest absolute Gasteiger partial charge is 0.458 e. The first-order chi connectivity index (χ1) is 35.6. The Labute approximate surface area is 429 Å². The Morgan fingerprint density at radius 2 is 1.69 bits per heavy atom. The minimum atomic E-state index is -2.01. The summed E-state index contributed by atoms with van der Waals surface area (Å²) < 4.78 is 34.4. The Kier molecular flexibility index (Phi) is 16.8. The van der Waals surface area contributed by atoms with E-state index in [0.717, 1.165) is 4.90 Å². The van der Waals surface area contributed by atoms with Crippen LogP contribution in [0, 0.1) is 0 Å². The first kappa shape index (κ1) is 53.2. The average Bonchev–Trinajstić information content (AvgIpc) is 4.07. The Balaban J connectivity index is 0.819. The number of hydrogen-bond acceptors (Lipinski definition) is 18. The zero-order chi connectivity index (χ0) is 52.7. The van der Waals surface area contributed by atoms with Crippen LogP contribution in [0.25, 0.3) is 22.3 Å². The first-order valence-electron chi connectivity index (χ1n) is 24.3. The quantitative estimate of drug-likeness (QED) is 0.0212. The molecule has 0 saturated carbocycles. The van der Waals surface area contributed by atoms with Gasteiger partial charge in [0.25, 0.3) is 5.56 Å². The fourth-order valence-electron chi connectivity index (χ4n) is 9.01. The van der Waals surface area contributed by atoms with E-state index in [4.69, 9.17) is 39.1 Å². The number of benzene rings is 2. The van der Waals surface area contributed by atoms with Crippen LogP contribution in [-0.4, -0.2) is 125 Å². The molecule has 4 aromatic rings. The lowest BCUT2D eigenvalue weighted by Gasteiger charge is -2.31. The van der Waals surface area contributed by atoms with Crippen LogP contribution in [0.1, 0.15) is 80.2 Å². The Bertz CT molecular complexity index is 2920. The number of fused-ring (bicyclic) bond motifs is 6. The second kappa shape index (κ2) is 23.4. The van der Waals surface area contributed by atoms with Crippen LogP contribution in [0.4, 0.5) is 10.5 Å². The van der Waals surface area contributed by atoms with Gasteiger partial charge in [0, 0.05) is 47.7 Å². The topological polar surface area (TPSA) is 307 Å². The zero-order valence-corrected chi connectivity index (χ0v) is 41.7. The summed E-state index contributed by atoms with van der Waals surface area (Å²) in [4.78, 5) is 109. The molecule has 4 atom stereocenters. The summed E-state index contributed by atoms with van der Waals surface area (Å²) >= 11 is 4.09. The molecule has 4 aliphatic heterocycles. The number of esters is 1. The number of amides is 6. The molecule has 6 heterocycles. The molecule has 0 bridgehead atoms. The number of alkyl carbamates (subject to hydrolysis) is 1. The minimum Gasteiger partial charge on any atom is -0.458 e. The van der Waals surface area contributed by atoms with E-state index in [9.17, 15) is 43.5 Å². The molecular weight excluding hydrogens is 985 g/mol. The van der Waals surface area contributed by atoms with E-state index >= 15 is 0 Å². The maximum Gasteiger partial charge on any atom is 0.407 e. The van der Waals surface area contributed by atoms with Gasteiger partial charge in [0.1, 0.15) is 25.3 Å². The number of hydrogen-bond donors (Lipinski definition) is 7. The molecule has 394 valence electrons. The third-order valence-electron chi connectivity index (χ3n) is 13.2. The molecule has 8 rings (SSSR count). The number of nitrogens with two attached hydrogens (primary N) is 1. The van der Waals surface area contributed by atoms with Crippen molar-refractivity contribution in [2.45, 2.75) is 102 Å². The number of anilines is 1.